The number of nitrogens with one attached hydrogen (secondary N) is 2. The molecule has 0 radical (unpaired) electrons. The van der Waals surface area contributed by atoms with E-state index in [4.69, 9.17) is 0 Å². The van der Waals surface area contributed by atoms with Crippen molar-refractivity contribution < 1.29 is 14.7 Å². The summed E-state index contributed by atoms with van der Waals surface area (Å²) in [4.78, 5) is 24.5. The van der Waals surface area contributed by atoms with Gasteiger partial charge >= 0.3 is 0 Å². The number of hydrogen-bond donors (Lipinski definition) is 3. The summed E-state index contributed by atoms with van der Waals surface area (Å²) in [7, 11) is 0. The Kier molecular flexibility index (Phi) is 3.81. The van der Waals surface area contributed by atoms with Crippen molar-refractivity contribution in [3.05, 3.63) is 65.2 Å². The highest BCUT2D eigenvalue weighted by Crippen LogP contribution is 2.40. The van der Waals surface area contributed by atoms with Crippen molar-refractivity contribution in [3.63, 3.8) is 0 Å². The summed E-state index contributed by atoms with van der Waals surface area (Å²) in [6.07, 6.45) is 2.50. The number of rotatable bonds is 5. The highest BCUT2D eigenvalue weighted by atomic mass is 16.3. The maximum atomic E-state index is 12.4. The monoisotopic (exact) mass is 336 g/mol. The molecule has 1 aliphatic carbocycles. The maximum Gasteiger partial charge on any atom is 0.261 e. The Morgan fingerprint density at radius 2 is 2.00 bits per heavy atom. The molecule has 1 unspecified atom stereocenters. The second kappa shape index (κ2) is 6.01. The fraction of sp³-hybridized carbons (Fsp3) is 0.300. The fourth-order valence-electron chi connectivity index (χ4n) is 3.36. The number of fused-ring (bicyclic) bond motifs is 1. The summed E-state index contributed by atoms with van der Waals surface area (Å²) in [5.74, 6) is -0.0383. The van der Waals surface area contributed by atoms with E-state index >= 15 is 0 Å². The highest BCUT2D eigenvalue weighted by molar-refractivity contribution is 6.04. The molecular formula is C20H20N2O3. The normalized spacial score (nSPS) is 21.6. The van der Waals surface area contributed by atoms with Crippen molar-refractivity contribution in [2.75, 3.05) is 11.9 Å². The van der Waals surface area contributed by atoms with E-state index in [1.54, 1.807) is 30.3 Å². The van der Waals surface area contributed by atoms with Gasteiger partial charge in [0.05, 0.1) is 0 Å². The molecule has 5 nitrogen and oxygen atoms in total. The molecule has 1 saturated carbocycles. The average Bonchev–Trinajstić information content (AvgIpc) is 3.43. The molecule has 3 N–H and O–H groups in total. The van der Waals surface area contributed by atoms with Crippen LogP contribution in [0.25, 0.3) is 0 Å². The molecule has 0 aromatic heterocycles. The van der Waals surface area contributed by atoms with Crippen LogP contribution < -0.4 is 10.6 Å². The van der Waals surface area contributed by atoms with Crippen molar-refractivity contribution in [1.82, 2.24) is 5.32 Å². The van der Waals surface area contributed by atoms with Gasteiger partial charge < -0.3 is 15.7 Å². The van der Waals surface area contributed by atoms with Crippen LogP contribution in [0.3, 0.4) is 0 Å². The Labute approximate surface area is 146 Å². The van der Waals surface area contributed by atoms with Crippen molar-refractivity contribution in [3.8, 4) is 0 Å². The van der Waals surface area contributed by atoms with Crippen molar-refractivity contribution in [2.24, 2.45) is 0 Å². The average molecular weight is 336 g/mol. The third-order valence-corrected chi connectivity index (χ3v) is 4.97. The van der Waals surface area contributed by atoms with Gasteiger partial charge in [-0.3, -0.25) is 9.59 Å². The number of benzene rings is 2. The van der Waals surface area contributed by atoms with Crippen LogP contribution in [0.15, 0.2) is 48.5 Å². The molecule has 128 valence electrons. The van der Waals surface area contributed by atoms with Gasteiger partial charge in [-0.2, -0.15) is 0 Å². The SMILES string of the molecule is O=C(NCCC1(O)C(=O)Nc2ccccc21)c1cccc(C2CC2)c1. The first-order valence-corrected chi connectivity index (χ1v) is 8.59. The Morgan fingerprint density at radius 1 is 1.20 bits per heavy atom. The van der Waals surface area contributed by atoms with Crippen LogP contribution in [0, 0.1) is 0 Å². The summed E-state index contributed by atoms with van der Waals surface area (Å²) in [6, 6.07) is 14.7. The molecule has 0 spiro atoms. The molecule has 1 aliphatic heterocycles. The minimum atomic E-state index is -1.60. The van der Waals surface area contributed by atoms with Gasteiger partial charge in [-0.25, -0.2) is 0 Å². The largest absolute Gasteiger partial charge is 0.375 e. The lowest BCUT2D eigenvalue weighted by molar-refractivity contribution is -0.134. The van der Waals surface area contributed by atoms with Gasteiger partial charge in [-0.1, -0.05) is 30.3 Å². The maximum absolute atomic E-state index is 12.4. The first kappa shape index (κ1) is 15.8. The fourth-order valence-corrected chi connectivity index (χ4v) is 3.36. The number of hydrogen-bond acceptors (Lipinski definition) is 3. The molecule has 1 fully saturated rings. The van der Waals surface area contributed by atoms with Gasteiger partial charge in [0.1, 0.15) is 0 Å². The van der Waals surface area contributed by atoms with Crippen molar-refractivity contribution in [1.29, 1.82) is 0 Å². The Hall–Kier alpha value is -2.66. The van der Waals surface area contributed by atoms with Gasteiger partial charge in [0.15, 0.2) is 5.60 Å². The lowest BCUT2D eigenvalue weighted by Gasteiger charge is -2.21. The minimum absolute atomic E-state index is 0.129. The third-order valence-electron chi connectivity index (χ3n) is 4.97. The van der Waals surface area contributed by atoms with E-state index in [1.165, 1.54) is 18.4 Å². The Balaban J connectivity index is 1.41. The molecule has 1 heterocycles. The van der Waals surface area contributed by atoms with Gasteiger partial charge in [0, 0.05) is 29.8 Å². The molecular weight excluding hydrogens is 316 g/mol. The number of anilines is 1. The summed E-state index contributed by atoms with van der Waals surface area (Å²) < 4.78 is 0. The van der Waals surface area contributed by atoms with E-state index in [1.807, 2.05) is 12.1 Å². The van der Waals surface area contributed by atoms with E-state index in [0.717, 1.165) is 0 Å². The lowest BCUT2D eigenvalue weighted by Crippen LogP contribution is -2.38. The lowest BCUT2D eigenvalue weighted by atomic mass is 9.92. The third kappa shape index (κ3) is 2.91. The zero-order valence-electron chi connectivity index (χ0n) is 13.8. The highest BCUT2D eigenvalue weighted by Gasteiger charge is 2.44. The predicted molar refractivity (Wildman–Crippen MR) is 94.3 cm³/mol. The zero-order chi connectivity index (χ0) is 17.4. The van der Waals surface area contributed by atoms with E-state index in [0.29, 0.717) is 22.7 Å². The van der Waals surface area contributed by atoms with Crippen LogP contribution >= 0.6 is 0 Å². The van der Waals surface area contributed by atoms with Gasteiger partial charge in [0.2, 0.25) is 0 Å². The molecule has 1 atom stereocenters. The molecule has 0 saturated heterocycles. The van der Waals surface area contributed by atoms with Crippen LogP contribution in [0.5, 0.6) is 0 Å². The number of carbonyl (C=O) groups is 2. The molecule has 2 aliphatic rings. The van der Waals surface area contributed by atoms with Gasteiger partial charge in [-0.15, -0.1) is 0 Å². The standard InChI is InChI=1S/C20H20N2O3/c23-18(15-5-3-4-14(12-15)13-8-9-13)21-11-10-20(25)16-6-1-2-7-17(16)22-19(20)24/h1-7,12-13,25H,8-11H2,(H,21,23)(H,22,24). The number of aliphatic hydroxyl groups is 1. The first-order valence-electron chi connectivity index (χ1n) is 8.59. The van der Waals surface area contributed by atoms with Crippen LogP contribution in [0.2, 0.25) is 0 Å². The topological polar surface area (TPSA) is 78.4 Å². The van der Waals surface area contributed by atoms with E-state index < -0.39 is 11.5 Å². The second-order valence-corrected chi connectivity index (χ2v) is 6.77. The molecule has 25 heavy (non-hydrogen) atoms. The van der Waals surface area contributed by atoms with Gasteiger partial charge in [0.25, 0.3) is 11.8 Å². The molecule has 5 heteroatoms. The quantitative estimate of drug-likeness (QED) is 0.785. The van der Waals surface area contributed by atoms with Crippen molar-refractivity contribution >= 4 is 17.5 Å². The predicted octanol–water partition coefficient (Wildman–Crippen LogP) is 2.52. The minimum Gasteiger partial charge on any atom is -0.375 e. The number of amides is 2. The molecule has 2 aromatic rings. The summed E-state index contributed by atoms with van der Waals surface area (Å²) in [6.45, 7) is 0.213. The van der Waals surface area contributed by atoms with Crippen LogP contribution in [-0.2, 0) is 10.4 Å². The summed E-state index contributed by atoms with van der Waals surface area (Å²) >= 11 is 0. The van der Waals surface area contributed by atoms with Crippen LogP contribution in [-0.4, -0.2) is 23.5 Å². The summed E-state index contributed by atoms with van der Waals surface area (Å²) in [5.41, 5.74) is 1.41. The smallest absolute Gasteiger partial charge is 0.261 e. The zero-order valence-corrected chi connectivity index (χ0v) is 13.8. The Morgan fingerprint density at radius 3 is 2.80 bits per heavy atom. The van der Waals surface area contributed by atoms with E-state index in [-0.39, 0.29) is 18.9 Å². The molecule has 2 amide bonds. The van der Waals surface area contributed by atoms with E-state index in [9.17, 15) is 14.7 Å². The molecule has 2 aromatic carbocycles. The second-order valence-electron chi connectivity index (χ2n) is 6.77. The van der Waals surface area contributed by atoms with Gasteiger partial charge in [-0.05, 0) is 42.5 Å². The molecule has 0 bridgehead atoms. The first-order chi connectivity index (χ1) is 12.1. The number of para-hydroxylation sites is 1. The van der Waals surface area contributed by atoms with Crippen molar-refractivity contribution in [2.45, 2.75) is 30.8 Å². The van der Waals surface area contributed by atoms with Crippen LogP contribution in [0.1, 0.15) is 46.7 Å². The molecule has 4 rings (SSSR count). The van der Waals surface area contributed by atoms with Crippen LogP contribution in [0.4, 0.5) is 5.69 Å². The Bertz CT molecular complexity index is 844. The van der Waals surface area contributed by atoms with E-state index in [2.05, 4.69) is 16.7 Å². The number of carbonyl (C=O) groups excluding carboxylic acids is 2. The summed E-state index contributed by atoms with van der Waals surface area (Å²) in [5, 5.41) is 16.3.